The lowest BCUT2D eigenvalue weighted by Crippen LogP contribution is -2.48. The predicted molar refractivity (Wildman–Crippen MR) is 91.4 cm³/mol. The standard InChI is InChI=1S/C17H16FN3O3S/c18-13-5-7-14(8-6-13)25(22,23)21-11-9-20(10-12-21)17-19-15-3-1-2-4-16(15)24-17/h1-8H,9-12H2. The Morgan fingerprint density at radius 3 is 2.32 bits per heavy atom. The van der Waals surface area contributed by atoms with Gasteiger partial charge in [-0.2, -0.15) is 9.29 Å². The number of halogens is 1. The summed E-state index contributed by atoms with van der Waals surface area (Å²) in [6, 6.07) is 12.9. The minimum atomic E-state index is -3.62. The Labute approximate surface area is 144 Å². The second-order valence-corrected chi connectivity index (χ2v) is 7.75. The first kappa shape index (κ1) is 16.0. The fourth-order valence-corrected chi connectivity index (χ4v) is 4.29. The zero-order valence-electron chi connectivity index (χ0n) is 13.3. The topological polar surface area (TPSA) is 66.7 Å². The summed E-state index contributed by atoms with van der Waals surface area (Å²) in [5.41, 5.74) is 1.48. The summed E-state index contributed by atoms with van der Waals surface area (Å²) < 4.78 is 45.4. The lowest BCUT2D eigenvalue weighted by atomic mass is 10.3. The van der Waals surface area contributed by atoms with Gasteiger partial charge in [-0.15, -0.1) is 0 Å². The number of hydrogen-bond donors (Lipinski definition) is 0. The average molecular weight is 361 g/mol. The van der Waals surface area contributed by atoms with Crippen molar-refractivity contribution in [1.29, 1.82) is 0 Å². The molecule has 2 aromatic carbocycles. The fourth-order valence-electron chi connectivity index (χ4n) is 2.87. The molecule has 0 N–H and O–H groups in total. The van der Waals surface area contributed by atoms with Crippen LogP contribution in [0.5, 0.6) is 0 Å². The van der Waals surface area contributed by atoms with Crippen LogP contribution in [0.3, 0.4) is 0 Å². The largest absolute Gasteiger partial charge is 0.423 e. The molecule has 0 amide bonds. The molecule has 0 unspecified atom stereocenters. The van der Waals surface area contributed by atoms with Crippen LogP contribution in [0.1, 0.15) is 0 Å². The number of hydrogen-bond acceptors (Lipinski definition) is 5. The molecule has 0 saturated carbocycles. The molecule has 1 aliphatic heterocycles. The van der Waals surface area contributed by atoms with E-state index in [0.29, 0.717) is 37.8 Å². The molecule has 0 aliphatic carbocycles. The van der Waals surface area contributed by atoms with Crippen LogP contribution in [0.15, 0.2) is 57.8 Å². The van der Waals surface area contributed by atoms with Crippen LogP contribution in [0, 0.1) is 5.82 Å². The Balaban J connectivity index is 1.50. The zero-order chi connectivity index (χ0) is 17.4. The normalized spacial score (nSPS) is 16.4. The van der Waals surface area contributed by atoms with E-state index >= 15 is 0 Å². The Morgan fingerprint density at radius 1 is 0.960 bits per heavy atom. The van der Waals surface area contributed by atoms with E-state index in [0.717, 1.165) is 17.6 Å². The number of piperazine rings is 1. The van der Waals surface area contributed by atoms with Crippen molar-refractivity contribution < 1.29 is 17.2 Å². The maximum Gasteiger partial charge on any atom is 0.298 e. The molecule has 0 spiro atoms. The first-order valence-electron chi connectivity index (χ1n) is 7.90. The number of benzene rings is 2. The van der Waals surface area contributed by atoms with Crippen LogP contribution in [0.2, 0.25) is 0 Å². The molecular weight excluding hydrogens is 345 g/mol. The highest BCUT2D eigenvalue weighted by Crippen LogP contribution is 2.24. The number of anilines is 1. The Hall–Kier alpha value is -2.45. The van der Waals surface area contributed by atoms with Gasteiger partial charge in [-0.1, -0.05) is 12.1 Å². The molecule has 3 aromatic rings. The van der Waals surface area contributed by atoms with Crippen LogP contribution in [0.4, 0.5) is 10.4 Å². The molecular formula is C17H16FN3O3S. The third kappa shape index (κ3) is 2.98. The van der Waals surface area contributed by atoms with Crippen molar-refractivity contribution in [2.24, 2.45) is 0 Å². The number of para-hydroxylation sites is 2. The van der Waals surface area contributed by atoms with Crippen molar-refractivity contribution in [2.75, 3.05) is 31.1 Å². The smallest absolute Gasteiger partial charge is 0.298 e. The van der Waals surface area contributed by atoms with Gasteiger partial charge in [0.2, 0.25) is 10.0 Å². The van der Waals surface area contributed by atoms with Gasteiger partial charge in [-0.05, 0) is 36.4 Å². The maximum atomic E-state index is 13.0. The molecule has 1 saturated heterocycles. The van der Waals surface area contributed by atoms with Crippen molar-refractivity contribution in [3.8, 4) is 0 Å². The van der Waals surface area contributed by atoms with E-state index in [1.807, 2.05) is 29.2 Å². The maximum absolute atomic E-state index is 13.0. The predicted octanol–water partition coefficient (Wildman–Crippen LogP) is 2.48. The lowest BCUT2D eigenvalue weighted by Gasteiger charge is -2.33. The van der Waals surface area contributed by atoms with Crippen LogP contribution in [0.25, 0.3) is 11.1 Å². The zero-order valence-corrected chi connectivity index (χ0v) is 14.1. The van der Waals surface area contributed by atoms with E-state index in [1.165, 1.54) is 16.4 Å². The number of nitrogens with zero attached hydrogens (tertiary/aromatic N) is 3. The Kier molecular flexibility index (Phi) is 3.93. The van der Waals surface area contributed by atoms with E-state index in [1.54, 1.807) is 0 Å². The molecule has 6 nitrogen and oxygen atoms in total. The highest BCUT2D eigenvalue weighted by molar-refractivity contribution is 7.89. The van der Waals surface area contributed by atoms with E-state index in [4.69, 9.17) is 4.42 Å². The molecule has 1 aromatic heterocycles. The van der Waals surface area contributed by atoms with E-state index in [9.17, 15) is 12.8 Å². The lowest BCUT2D eigenvalue weighted by molar-refractivity contribution is 0.373. The van der Waals surface area contributed by atoms with Crippen molar-refractivity contribution in [3.63, 3.8) is 0 Å². The van der Waals surface area contributed by atoms with Crippen molar-refractivity contribution in [2.45, 2.75) is 4.90 Å². The molecule has 0 bridgehead atoms. The molecule has 0 radical (unpaired) electrons. The Bertz CT molecular complexity index is 960. The van der Waals surface area contributed by atoms with Crippen molar-refractivity contribution in [1.82, 2.24) is 9.29 Å². The third-order valence-electron chi connectivity index (χ3n) is 4.24. The summed E-state index contributed by atoms with van der Waals surface area (Å²) in [7, 11) is -3.62. The quantitative estimate of drug-likeness (QED) is 0.717. The van der Waals surface area contributed by atoms with Crippen LogP contribution < -0.4 is 4.90 Å². The number of fused-ring (bicyclic) bond motifs is 1. The average Bonchev–Trinajstić information content (AvgIpc) is 3.06. The van der Waals surface area contributed by atoms with Gasteiger partial charge >= 0.3 is 0 Å². The second-order valence-electron chi connectivity index (χ2n) is 5.81. The summed E-state index contributed by atoms with van der Waals surface area (Å²) >= 11 is 0. The number of oxazole rings is 1. The fraction of sp³-hybridized carbons (Fsp3) is 0.235. The van der Waals surface area contributed by atoms with Gasteiger partial charge in [0.05, 0.1) is 4.90 Å². The van der Waals surface area contributed by atoms with Crippen LogP contribution >= 0.6 is 0 Å². The molecule has 130 valence electrons. The second kappa shape index (κ2) is 6.12. The SMILES string of the molecule is O=S(=O)(c1ccc(F)cc1)N1CCN(c2nc3ccccc3o2)CC1. The van der Waals surface area contributed by atoms with Gasteiger partial charge < -0.3 is 9.32 Å². The van der Waals surface area contributed by atoms with E-state index < -0.39 is 15.8 Å². The molecule has 25 heavy (non-hydrogen) atoms. The van der Waals surface area contributed by atoms with Crippen molar-refractivity contribution >= 4 is 27.1 Å². The van der Waals surface area contributed by atoms with E-state index in [-0.39, 0.29) is 4.90 Å². The molecule has 1 aliphatic rings. The highest BCUT2D eigenvalue weighted by Gasteiger charge is 2.30. The van der Waals surface area contributed by atoms with Crippen molar-refractivity contribution in [3.05, 3.63) is 54.3 Å². The highest BCUT2D eigenvalue weighted by atomic mass is 32.2. The van der Waals surface area contributed by atoms with Crippen LogP contribution in [-0.4, -0.2) is 43.9 Å². The first-order chi connectivity index (χ1) is 12.0. The van der Waals surface area contributed by atoms with Gasteiger partial charge in [0, 0.05) is 26.2 Å². The first-order valence-corrected chi connectivity index (χ1v) is 9.34. The molecule has 1 fully saturated rings. The van der Waals surface area contributed by atoms with Gasteiger partial charge in [0.15, 0.2) is 5.58 Å². The summed E-state index contributed by atoms with van der Waals surface area (Å²) in [4.78, 5) is 6.47. The summed E-state index contributed by atoms with van der Waals surface area (Å²) in [5.74, 6) is -0.459. The van der Waals surface area contributed by atoms with Crippen LogP contribution in [-0.2, 0) is 10.0 Å². The minimum Gasteiger partial charge on any atom is -0.423 e. The summed E-state index contributed by atoms with van der Waals surface area (Å²) in [6.45, 7) is 1.59. The molecule has 8 heteroatoms. The third-order valence-corrected chi connectivity index (χ3v) is 6.16. The number of aromatic nitrogens is 1. The molecule has 4 rings (SSSR count). The molecule has 2 heterocycles. The Morgan fingerprint density at radius 2 is 1.64 bits per heavy atom. The van der Waals surface area contributed by atoms with Gasteiger partial charge in [0.25, 0.3) is 6.01 Å². The van der Waals surface area contributed by atoms with Gasteiger partial charge in [-0.3, -0.25) is 0 Å². The minimum absolute atomic E-state index is 0.101. The number of sulfonamides is 1. The summed E-state index contributed by atoms with van der Waals surface area (Å²) in [5, 5.41) is 0. The number of rotatable bonds is 3. The van der Waals surface area contributed by atoms with Gasteiger partial charge in [-0.25, -0.2) is 12.8 Å². The summed E-state index contributed by atoms with van der Waals surface area (Å²) in [6.07, 6.45) is 0. The monoisotopic (exact) mass is 361 g/mol. The van der Waals surface area contributed by atoms with Gasteiger partial charge in [0.1, 0.15) is 11.3 Å². The van der Waals surface area contributed by atoms with E-state index in [2.05, 4.69) is 4.98 Å². The molecule has 0 atom stereocenters.